The summed E-state index contributed by atoms with van der Waals surface area (Å²) in [7, 11) is 0. The topological polar surface area (TPSA) is 23.6 Å². The Morgan fingerprint density at radius 2 is 1.59 bits per heavy atom. The minimum absolute atomic E-state index is 0.277. The Bertz CT molecular complexity index is 1360. The van der Waals surface area contributed by atoms with Gasteiger partial charge in [0.2, 0.25) is 0 Å². The van der Waals surface area contributed by atoms with Gasteiger partial charge in [0.25, 0.3) is 0 Å². The number of benzene rings is 3. The Kier molecular flexibility index (Phi) is 6.04. The van der Waals surface area contributed by atoms with Crippen LogP contribution < -0.4 is 0 Å². The molecule has 4 heterocycles. The summed E-state index contributed by atoms with van der Waals surface area (Å²) in [6.45, 7) is 3.95. The van der Waals surface area contributed by atoms with Gasteiger partial charge in [-0.25, -0.2) is 0 Å². The fourth-order valence-corrected chi connectivity index (χ4v) is 6.60. The number of ketones is 1. The number of Topliss-reactive ketones (excluding diaryl/α,β-unsaturated/α-hetero) is 1. The minimum atomic E-state index is 0.277. The average Bonchev–Trinajstić information content (AvgIpc) is 3.28. The standard InChI is InChI=1S/C30H30N2OS/c33-29(28-21-34-30-12-6-5-11-27(28)30)15-16-31-19-26-10-4-3-9-25(31)20-32(26)18-22-13-14-23-7-1-2-8-24(23)17-22/h1-8,11-14,17,21,25-26H,9-10,15-16,18-20H2/b4-3-/t25-,26-/m0/s1. The third-order valence-corrected chi connectivity index (χ3v) is 8.48. The lowest BCUT2D eigenvalue weighted by molar-refractivity contribution is 0.0216. The lowest BCUT2D eigenvalue weighted by Crippen LogP contribution is -2.58. The maximum atomic E-state index is 13.1. The number of piperazine rings is 1. The summed E-state index contributed by atoms with van der Waals surface area (Å²) in [6.07, 6.45) is 7.46. The molecule has 0 unspecified atom stereocenters. The van der Waals surface area contributed by atoms with Crippen molar-refractivity contribution in [3.8, 4) is 0 Å². The highest BCUT2D eigenvalue weighted by atomic mass is 32.1. The summed E-state index contributed by atoms with van der Waals surface area (Å²) in [6, 6.07) is 24.7. The molecule has 172 valence electrons. The molecule has 0 aliphatic carbocycles. The Morgan fingerprint density at radius 3 is 2.47 bits per heavy atom. The van der Waals surface area contributed by atoms with Crippen molar-refractivity contribution in [3.05, 3.63) is 95.4 Å². The monoisotopic (exact) mass is 466 g/mol. The summed E-state index contributed by atoms with van der Waals surface area (Å²) in [5.74, 6) is 0.277. The van der Waals surface area contributed by atoms with Crippen LogP contribution in [0.3, 0.4) is 0 Å². The molecule has 7 rings (SSSR count). The lowest BCUT2D eigenvalue weighted by Gasteiger charge is -2.47. The van der Waals surface area contributed by atoms with Crippen molar-refractivity contribution < 1.29 is 4.79 Å². The number of nitrogens with zero attached hydrogens (tertiary/aromatic N) is 2. The van der Waals surface area contributed by atoms with Crippen LogP contribution in [0.5, 0.6) is 0 Å². The number of hydrogen-bond donors (Lipinski definition) is 0. The number of carbonyl (C=O) groups excluding carboxylic acids is 1. The van der Waals surface area contributed by atoms with Gasteiger partial charge in [0, 0.05) is 65.7 Å². The van der Waals surface area contributed by atoms with Crippen LogP contribution in [-0.2, 0) is 6.54 Å². The molecule has 3 aromatic carbocycles. The molecule has 4 aromatic rings. The van der Waals surface area contributed by atoms with E-state index in [-0.39, 0.29) is 5.78 Å². The molecule has 2 atom stereocenters. The highest BCUT2D eigenvalue weighted by molar-refractivity contribution is 7.17. The van der Waals surface area contributed by atoms with Crippen LogP contribution in [0, 0.1) is 0 Å². The van der Waals surface area contributed by atoms with E-state index in [0.717, 1.165) is 50.0 Å². The molecule has 1 aromatic heterocycles. The van der Waals surface area contributed by atoms with E-state index in [2.05, 4.69) is 76.5 Å². The number of fused-ring (bicyclic) bond motifs is 6. The molecular weight excluding hydrogens is 436 g/mol. The van der Waals surface area contributed by atoms with Crippen molar-refractivity contribution in [1.29, 1.82) is 0 Å². The Balaban J connectivity index is 1.14. The second kappa shape index (κ2) is 9.46. The first-order chi connectivity index (χ1) is 16.7. The maximum absolute atomic E-state index is 13.1. The Labute approximate surface area is 205 Å². The zero-order valence-corrected chi connectivity index (χ0v) is 20.2. The molecule has 0 spiro atoms. The van der Waals surface area contributed by atoms with Crippen molar-refractivity contribution in [2.24, 2.45) is 0 Å². The van der Waals surface area contributed by atoms with Gasteiger partial charge in [0.15, 0.2) is 5.78 Å². The molecule has 3 aliphatic rings. The van der Waals surface area contributed by atoms with E-state index in [9.17, 15) is 4.79 Å². The van der Waals surface area contributed by atoms with Crippen molar-refractivity contribution >= 4 is 38.0 Å². The molecule has 2 bridgehead atoms. The largest absolute Gasteiger partial charge is 0.297 e. The van der Waals surface area contributed by atoms with Gasteiger partial charge in [-0.3, -0.25) is 14.6 Å². The second-order valence-electron chi connectivity index (χ2n) is 9.68. The van der Waals surface area contributed by atoms with Gasteiger partial charge in [-0.1, -0.05) is 66.7 Å². The van der Waals surface area contributed by atoms with Crippen molar-refractivity contribution in [3.63, 3.8) is 0 Å². The van der Waals surface area contributed by atoms with Crippen LogP contribution in [0.2, 0.25) is 0 Å². The minimum Gasteiger partial charge on any atom is -0.297 e. The molecule has 0 saturated carbocycles. The number of carbonyl (C=O) groups is 1. The van der Waals surface area contributed by atoms with E-state index in [4.69, 9.17) is 0 Å². The third kappa shape index (κ3) is 4.34. The van der Waals surface area contributed by atoms with Crippen molar-refractivity contribution in [2.45, 2.75) is 37.9 Å². The van der Waals surface area contributed by atoms with E-state index < -0.39 is 0 Å². The second-order valence-corrected chi connectivity index (χ2v) is 10.6. The van der Waals surface area contributed by atoms with E-state index in [0.29, 0.717) is 18.5 Å². The van der Waals surface area contributed by atoms with Crippen molar-refractivity contribution in [1.82, 2.24) is 9.80 Å². The first kappa shape index (κ1) is 21.7. The highest BCUT2D eigenvalue weighted by Crippen LogP contribution is 2.29. The Morgan fingerprint density at radius 1 is 0.853 bits per heavy atom. The highest BCUT2D eigenvalue weighted by Gasteiger charge is 2.34. The van der Waals surface area contributed by atoms with Crippen LogP contribution in [0.25, 0.3) is 20.9 Å². The molecular formula is C30H30N2OS. The summed E-state index contributed by atoms with van der Waals surface area (Å²) >= 11 is 1.67. The zero-order chi connectivity index (χ0) is 22.9. The molecule has 0 amide bonds. The van der Waals surface area contributed by atoms with Crippen LogP contribution in [0.4, 0.5) is 0 Å². The fraction of sp³-hybridized carbons (Fsp3) is 0.300. The third-order valence-electron chi connectivity index (χ3n) is 7.51. The molecule has 3 aliphatic heterocycles. The molecule has 1 fully saturated rings. The fourth-order valence-electron chi connectivity index (χ4n) is 5.64. The summed E-state index contributed by atoms with van der Waals surface area (Å²) < 4.78 is 1.20. The van der Waals surface area contributed by atoms with Crippen molar-refractivity contribution in [2.75, 3.05) is 19.6 Å². The number of hydrogen-bond acceptors (Lipinski definition) is 4. The predicted octanol–water partition coefficient (Wildman–Crippen LogP) is 6.53. The van der Waals surface area contributed by atoms with Crippen LogP contribution >= 0.6 is 11.3 Å². The lowest BCUT2D eigenvalue weighted by atomic mass is 9.95. The summed E-state index contributed by atoms with van der Waals surface area (Å²) in [4.78, 5) is 18.3. The van der Waals surface area contributed by atoms with Gasteiger partial charge in [-0.15, -0.1) is 11.3 Å². The average molecular weight is 467 g/mol. The van der Waals surface area contributed by atoms with Gasteiger partial charge in [-0.05, 0) is 41.3 Å². The van der Waals surface area contributed by atoms with Crippen LogP contribution in [0.1, 0.15) is 35.2 Å². The SMILES string of the molecule is O=C(CCN1C[C@@H]2C/C=C\C[C@H]1CN2Cc1ccc2ccccc2c1)c1csc2ccccc12. The van der Waals surface area contributed by atoms with Crippen LogP contribution in [-0.4, -0.2) is 47.3 Å². The normalized spacial score (nSPS) is 22.1. The van der Waals surface area contributed by atoms with E-state index >= 15 is 0 Å². The van der Waals surface area contributed by atoms with E-state index in [1.807, 2.05) is 17.5 Å². The smallest absolute Gasteiger partial charge is 0.165 e. The molecule has 3 nitrogen and oxygen atoms in total. The van der Waals surface area contributed by atoms with E-state index in [1.165, 1.54) is 21.0 Å². The quantitative estimate of drug-likeness (QED) is 0.238. The first-order valence-corrected chi connectivity index (χ1v) is 13.2. The van der Waals surface area contributed by atoms with Gasteiger partial charge in [0.05, 0.1) is 0 Å². The molecule has 4 heteroatoms. The number of rotatable bonds is 6. The molecule has 34 heavy (non-hydrogen) atoms. The number of thiophene rings is 1. The Hall–Kier alpha value is -2.79. The van der Waals surface area contributed by atoms with E-state index in [1.54, 1.807) is 11.3 Å². The van der Waals surface area contributed by atoms with Gasteiger partial charge in [-0.2, -0.15) is 0 Å². The zero-order valence-electron chi connectivity index (χ0n) is 19.4. The maximum Gasteiger partial charge on any atom is 0.165 e. The first-order valence-electron chi connectivity index (χ1n) is 12.3. The van der Waals surface area contributed by atoms with Gasteiger partial charge >= 0.3 is 0 Å². The molecule has 0 radical (unpaired) electrons. The summed E-state index contributed by atoms with van der Waals surface area (Å²) in [5, 5.41) is 5.77. The van der Waals surface area contributed by atoms with Crippen LogP contribution in [0.15, 0.2) is 84.3 Å². The van der Waals surface area contributed by atoms with Gasteiger partial charge in [0.1, 0.15) is 0 Å². The molecule has 1 saturated heterocycles. The van der Waals surface area contributed by atoms with Gasteiger partial charge < -0.3 is 0 Å². The summed E-state index contributed by atoms with van der Waals surface area (Å²) in [5.41, 5.74) is 2.29. The molecule has 0 N–H and O–H groups in total. The predicted molar refractivity (Wildman–Crippen MR) is 143 cm³/mol.